The van der Waals surface area contributed by atoms with Crippen molar-refractivity contribution in [1.82, 2.24) is 10.6 Å². The topological polar surface area (TPSA) is 196 Å². The molecular weight excluding hydrogens is 386 g/mol. The van der Waals surface area contributed by atoms with E-state index in [0.717, 1.165) is 32.1 Å². The SMILES string of the molecule is N[C@@H](CCC(=O)O)C(=O)N[C@@H](CC(=O)O)C(=O)N[C@@H](CC1CCCCC1)C(=O)O. The lowest BCUT2D eigenvalue weighted by atomic mass is 9.85. The summed E-state index contributed by atoms with van der Waals surface area (Å²) in [5.41, 5.74) is 5.57. The van der Waals surface area contributed by atoms with Crippen LogP contribution in [0.15, 0.2) is 0 Å². The highest BCUT2D eigenvalue weighted by atomic mass is 16.4. The van der Waals surface area contributed by atoms with Crippen LogP contribution < -0.4 is 16.4 Å². The fourth-order valence-electron chi connectivity index (χ4n) is 3.32. The Morgan fingerprint density at radius 3 is 1.97 bits per heavy atom. The summed E-state index contributed by atoms with van der Waals surface area (Å²) in [7, 11) is 0. The highest BCUT2D eigenvalue weighted by Gasteiger charge is 2.31. The number of carboxylic acid groups (broad SMARTS) is 3. The van der Waals surface area contributed by atoms with Crippen molar-refractivity contribution in [1.29, 1.82) is 0 Å². The number of carboxylic acids is 3. The van der Waals surface area contributed by atoms with E-state index in [-0.39, 0.29) is 25.2 Å². The van der Waals surface area contributed by atoms with Crippen molar-refractivity contribution >= 4 is 29.7 Å². The highest BCUT2D eigenvalue weighted by molar-refractivity contribution is 5.94. The first-order valence-electron chi connectivity index (χ1n) is 9.62. The Morgan fingerprint density at radius 2 is 1.45 bits per heavy atom. The Balaban J connectivity index is 2.74. The summed E-state index contributed by atoms with van der Waals surface area (Å²) >= 11 is 0. The molecule has 1 saturated carbocycles. The molecule has 0 aliphatic heterocycles. The summed E-state index contributed by atoms with van der Waals surface area (Å²) in [6, 6.07) is -3.96. The predicted octanol–water partition coefficient (Wildman–Crippen LogP) is -0.322. The van der Waals surface area contributed by atoms with E-state index in [9.17, 15) is 29.1 Å². The molecule has 1 rings (SSSR count). The van der Waals surface area contributed by atoms with E-state index >= 15 is 0 Å². The Hall–Kier alpha value is -2.69. The van der Waals surface area contributed by atoms with Gasteiger partial charge in [0, 0.05) is 6.42 Å². The van der Waals surface area contributed by atoms with Crippen molar-refractivity contribution in [3.8, 4) is 0 Å². The van der Waals surface area contributed by atoms with Crippen LogP contribution >= 0.6 is 0 Å². The Bertz CT molecular complexity index is 618. The maximum absolute atomic E-state index is 12.5. The predicted molar refractivity (Wildman–Crippen MR) is 99.8 cm³/mol. The minimum Gasteiger partial charge on any atom is -0.481 e. The van der Waals surface area contributed by atoms with Gasteiger partial charge in [-0.05, 0) is 18.8 Å². The summed E-state index contributed by atoms with van der Waals surface area (Å²) in [5, 5.41) is 31.5. The van der Waals surface area contributed by atoms with E-state index in [1.54, 1.807) is 0 Å². The molecule has 11 nitrogen and oxygen atoms in total. The van der Waals surface area contributed by atoms with Gasteiger partial charge in [0.15, 0.2) is 0 Å². The number of hydrogen-bond acceptors (Lipinski definition) is 6. The van der Waals surface area contributed by atoms with Crippen LogP contribution in [0.1, 0.15) is 57.8 Å². The van der Waals surface area contributed by atoms with E-state index in [2.05, 4.69) is 10.6 Å². The number of nitrogens with one attached hydrogen (secondary N) is 2. The molecule has 1 aliphatic rings. The summed E-state index contributed by atoms with van der Waals surface area (Å²) in [6.45, 7) is 0. The molecule has 29 heavy (non-hydrogen) atoms. The molecule has 0 aromatic carbocycles. The van der Waals surface area contributed by atoms with Crippen LogP contribution in [-0.2, 0) is 24.0 Å². The average molecular weight is 415 g/mol. The molecule has 0 saturated heterocycles. The first kappa shape index (κ1) is 24.3. The van der Waals surface area contributed by atoms with E-state index < -0.39 is 54.3 Å². The van der Waals surface area contributed by atoms with Gasteiger partial charge in [0.25, 0.3) is 0 Å². The second-order valence-corrected chi connectivity index (χ2v) is 7.34. The smallest absolute Gasteiger partial charge is 0.326 e. The zero-order valence-corrected chi connectivity index (χ0v) is 16.1. The number of aliphatic carboxylic acids is 3. The molecule has 3 atom stereocenters. The van der Waals surface area contributed by atoms with E-state index in [1.165, 1.54) is 0 Å². The second kappa shape index (κ2) is 12.0. The molecule has 0 spiro atoms. The fraction of sp³-hybridized carbons (Fsp3) is 0.722. The second-order valence-electron chi connectivity index (χ2n) is 7.34. The molecule has 0 aromatic heterocycles. The van der Waals surface area contributed by atoms with Crippen molar-refractivity contribution in [2.24, 2.45) is 11.7 Å². The maximum Gasteiger partial charge on any atom is 0.326 e. The largest absolute Gasteiger partial charge is 0.481 e. The maximum atomic E-state index is 12.5. The van der Waals surface area contributed by atoms with Crippen LogP contribution in [0.4, 0.5) is 0 Å². The van der Waals surface area contributed by atoms with Gasteiger partial charge in [0.1, 0.15) is 12.1 Å². The molecule has 164 valence electrons. The zero-order chi connectivity index (χ0) is 22.0. The first-order chi connectivity index (χ1) is 13.6. The van der Waals surface area contributed by atoms with Crippen LogP contribution in [0.25, 0.3) is 0 Å². The van der Waals surface area contributed by atoms with Crippen molar-refractivity contribution in [3.05, 3.63) is 0 Å². The Labute approximate surface area is 168 Å². The number of carbonyl (C=O) groups is 5. The third-order valence-electron chi connectivity index (χ3n) is 4.93. The molecule has 0 heterocycles. The fourth-order valence-corrected chi connectivity index (χ4v) is 3.32. The monoisotopic (exact) mass is 415 g/mol. The standard InChI is InChI=1S/C18H29N3O8/c19-11(6-7-14(22)23)16(26)20-12(9-15(24)25)17(27)21-13(18(28)29)8-10-4-2-1-3-5-10/h10-13H,1-9,19H2,(H,20,26)(H,21,27)(H,22,23)(H,24,25)(H,28,29)/t11-,12-,13-/m0/s1. The van der Waals surface area contributed by atoms with Gasteiger partial charge in [-0.25, -0.2) is 4.79 Å². The van der Waals surface area contributed by atoms with E-state index in [1.807, 2.05) is 0 Å². The molecule has 0 aromatic rings. The van der Waals surface area contributed by atoms with Crippen LogP contribution in [-0.4, -0.2) is 63.2 Å². The van der Waals surface area contributed by atoms with Gasteiger partial charge >= 0.3 is 17.9 Å². The van der Waals surface area contributed by atoms with Crippen LogP contribution in [0.2, 0.25) is 0 Å². The quantitative estimate of drug-likeness (QED) is 0.247. The molecule has 2 amide bonds. The van der Waals surface area contributed by atoms with Crippen molar-refractivity contribution in [3.63, 3.8) is 0 Å². The lowest BCUT2D eigenvalue weighted by Crippen LogP contribution is -2.55. The number of carbonyl (C=O) groups excluding carboxylic acids is 2. The van der Waals surface area contributed by atoms with Gasteiger partial charge in [0.05, 0.1) is 12.5 Å². The van der Waals surface area contributed by atoms with Gasteiger partial charge < -0.3 is 31.7 Å². The van der Waals surface area contributed by atoms with Crippen LogP contribution in [0.5, 0.6) is 0 Å². The normalized spacial score (nSPS) is 17.6. The minimum atomic E-state index is -1.52. The number of hydrogen-bond donors (Lipinski definition) is 6. The lowest BCUT2D eigenvalue weighted by Gasteiger charge is -2.26. The Kier molecular flexibility index (Phi) is 10.1. The summed E-state index contributed by atoms with van der Waals surface area (Å²) in [6.07, 6.45) is 3.73. The molecule has 0 unspecified atom stereocenters. The molecule has 1 fully saturated rings. The average Bonchev–Trinajstić information content (AvgIpc) is 2.65. The number of nitrogens with two attached hydrogens (primary N) is 1. The molecular formula is C18H29N3O8. The summed E-state index contributed by atoms with van der Waals surface area (Å²) < 4.78 is 0. The van der Waals surface area contributed by atoms with Crippen molar-refractivity contribution < 1.29 is 39.3 Å². The van der Waals surface area contributed by atoms with Gasteiger partial charge in [-0.15, -0.1) is 0 Å². The third kappa shape index (κ3) is 9.37. The highest BCUT2D eigenvalue weighted by Crippen LogP contribution is 2.27. The van der Waals surface area contributed by atoms with Crippen molar-refractivity contribution in [2.75, 3.05) is 0 Å². The van der Waals surface area contributed by atoms with E-state index in [0.29, 0.717) is 0 Å². The lowest BCUT2D eigenvalue weighted by molar-refractivity contribution is -0.144. The minimum absolute atomic E-state index is 0.155. The third-order valence-corrected chi connectivity index (χ3v) is 4.93. The number of amides is 2. The molecule has 7 N–H and O–H groups in total. The van der Waals surface area contributed by atoms with Gasteiger partial charge in [-0.1, -0.05) is 32.1 Å². The van der Waals surface area contributed by atoms with Gasteiger partial charge in [-0.2, -0.15) is 0 Å². The van der Waals surface area contributed by atoms with Crippen LogP contribution in [0, 0.1) is 5.92 Å². The summed E-state index contributed by atoms with van der Waals surface area (Å²) in [5.74, 6) is -5.42. The Morgan fingerprint density at radius 1 is 0.862 bits per heavy atom. The van der Waals surface area contributed by atoms with Crippen LogP contribution in [0.3, 0.4) is 0 Å². The number of rotatable bonds is 12. The molecule has 11 heteroatoms. The summed E-state index contributed by atoms with van der Waals surface area (Å²) in [4.78, 5) is 57.7. The van der Waals surface area contributed by atoms with Gasteiger partial charge in [0.2, 0.25) is 11.8 Å². The molecule has 1 aliphatic carbocycles. The van der Waals surface area contributed by atoms with Gasteiger partial charge in [-0.3, -0.25) is 19.2 Å². The molecule has 0 bridgehead atoms. The van der Waals surface area contributed by atoms with E-state index in [4.69, 9.17) is 15.9 Å². The zero-order valence-electron chi connectivity index (χ0n) is 16.1. The molecule has 0 radical (unpaired) electrons. The van der Waals surface area contributed by atoms with Crippen molar-refractivity contribution in [2.45, 2.75) is 75.9 Å². The first-order valence-corrected chi connectivity index (χ1v) is 9.62.